The maximum absolute atomic E-state index is 14.2. The highest BCUT2D eigenvalue weighted by Crippen LogP contribution is 2.27. The predicted octanol–water partition coefficient (Wildman–Crippen LogP) is 4.92. The summed E-state index contributed by atoms with van der Waals surface area (Å²) in [5.74, 6) is -2.27. The molecular weight excluding hydrogens is 390 g/mol. The van der Waals surface area contributed by atoms with Crippen molar-refractivity contribution in [1.82, 2.24) is 15.1 Å². The Balaban J connectivity index is 1.92. The van der Waals surface area contributed by atoms with Crippen LogP contribution in [0.4, 0.5) is 22.4 Å². The Morgan fingerprint density at radius 2 is 1.86 bits per heavy atom. The fourth-order valence-corrected chi connectivity index (χ4v) is 2.79. The lowest BCUT2D eigenvalue weighted by Crippen LogP contribution is -2.22. The van der Waals surface area contributed by atoms with E-state index < -0.39 is 35.4 Å². The number of methoxy groups -OCH3 is 1. The molecule has 0 aliphatic carbocycles. The number of ether oxygens (including phenoxy) is 1. The van der Waals surface area contributed by atoms with Crippen molar-refractivity contribution in [2.24, 2.45) is 0 Å². The van der Waals surface area contributed by atoms with Crippen LogP contribution in [0.5, 0.6) is 0 Å². The minimum atomic E-state index is -2.98. The minimum Gasteiger partial charge on any atom is -0.453 e. The molecule has 152 valence electrons. The molecule has 0 radical (unpaired) electrons. The second-order valence-corrected chi connectivity index (χ2v) is 6.27. The lowest BCUT2D eigenvalue weighted by molar-refractivity contribution is 0.150. The maximum atomic E-state index is 14.2. The summed E-state index contributed by atoms with van der Waals surface area (Å²) in [6, 6.07) is 8.10. The molecule has 3 aromatic rings. The van der Waals surface area contributed by atoms with Crippen molar-refractivity contribution in [2.45, 2.75) is 19.9 Å². The van der Waals surface area contributed by atoms with Gasteiger partial charge < -0.3 is 10.1 Å². The first-order chi connectivity index (χ1) is 13.8. The molecule has 0 fully saturated rings. The van der Waals surface area contributed by atoms with Crippen LogP contribution in [0.15, 0.2) is 42.6 Å². The van der Waals surface area contributed by atoms with Crippen LogP contribution in [0.2, 0.25) is 0 Å². The van der Waals surface area contributed by atoms with E-state index in [1.165, 1.54) is 13.3 Å². The van der Waals surface area contributed by atoms with Gasteiger partial charge in [-0.05, 0) is 42.3 Å². The number of aromatic nitrogens is 2. The Kier molecular flexibility index (Phi) is 5.86. The number of nitrogens with zero attached hydrogens (tertiary/aromatic N) is 2. The van der Waals surface area contributed by atoms with Crippen LogP contribution in [0.25, 0.3) is 16.9 Å². The van der Waals surface area contributed by atoms with Crippen molar-refractivity contribution in [2.75, 3.05) is 7.11 Å². The lowest BCUT2D eigenvalue weighted by atomic mass is 10.0. The predicted molar refractivity (Wildman–Crippen MR) is 97.9 cm³/mol. The van der Waals surface area contributed by atoms with E-state index in [9.17, 15) is 22.4 Å². The number of carbonyl (C=O) groups is 1. The zero-order chi connectivity index (χ0) is 21.1. The maximum Gasteiger partial charge on any atom is 0.407 e. The number of amides is 1. The Morgan fingerprint density at radius 3 is 2.48 bits per heavy atom. The van der Waals surface area contributed by atoms with Gasteiger partial charge in [0.1, 0.15) is 5.69 Å². The van der Waals surface area contributed by atoms with Gasteiger partial charge in [-0.25, -0.2) is 27.0 Å². The molecule has 1 N–H and O–H groups in total. The van der Waals surface area contributed by atoms with Gasteiger partial charge in [0.25, 0.3) is 6.43 Å². The van der Waals surface area contributed by atoms with Crippen molar-refractivity contribution in [3.63, 3.8) is 0 Å². The van der Waals surface area contributed by atoms with Crippen LogP contribution in [0, 0.1) is 18.6 Å². The first-order valence-corrected chi connectivity index (χ1v) is 8.55. The van der Waals surface area contributed by atoms with Gasteiger partial charge in [-0.2, -0.15) is 5.10 Å². The van der Waals surface area contributed by atoms with E-state index in [0.29, 0.717) is 23.4 Å². The Bertz CT molecular complexity index is 1030. The van der Waals surface area contributed by atoms with Gasteiger partial charge in [0.15, 0.2) is 11.6 Å². The second-order valence-electron chi connectivity index (χ2n) is 6.27. The third kappa shape index (κ3) is 4.39. The highest BCUT2D eigenvalue weighted by molar-refractivity contribution is 5.67. The number of benzene rings is 2. The summed E-state index contributed by atoms with van der Waals surface area (Å²) in [7, 11) is 1.26. The molecule has 0 aliphatic heterocycles. The van der Waals surface area contributed by atoms with Crippen LogP contribution in [0.3, 0.4) is 0 Å². The van der Waals surface area contributed by atoms with Gasteiger partial charge in [0, 0.05) is 23.9 Å². The molecule has 1 amide bonds. The van der Waals surface area contributed by atoms with E-state index in [2.05, 4.69) is 15.2 Å². The van der Waals surface area contributed by atoms with E-state index in [-0.39, 0.29) is 6.54 Å². The molecule has 0 saturated carbocycles. The number of halogens is 4. The van der Waals surface area contributed by atoms with Gasteiger partial charge >= 0.3 is 6.09 Å². The topological polar surface area (TPSA) is 56.1 Å². The molecular formula is C20H17F4N3O2. The normalized spacial score (nSPS) is 11.0. The fourth-order valence-electron chi connectivity index (χ4n) is 2.79. The van der Waals surface area contributed by atoms with Crippen molar-refractivity contribution in [1.29, 1.82) is 0 Å². The van der Waals surface area contributed by atoms with Crippen LogP contribution in [0.1, 0.15) is 23.1 Å². The molecule has 9 heteroatoms. The van der Waals surface area contributed by atoms with Crippen molar-refractivity contribution < 1.29 is 27.1 Å². The number of hydrogen-bond acceptors (Lipinski definition) is 3. The van der Waals surface area contributed by atoms with Gasteiger partial charge in [-0.15, -0.1) is 0 Å². The number of alkyl carbamates (subject to hydrolysis) is 1. The quantitative estimate of drug-likeness (QED) is 0.611. The van der Waals surface area contributed by atoms with E-state index in [1.54, 1.807) is 18.2 Å². The Morgan fingerprint density at radius 1 is 1.17 bits per heavy atom. The van der Waals surface area contributed by atoms with Crippen LogP contribution in [-0.4, -0.2) is 23.0 Å². The Labute approximate surface area is 163 Å². The third-order valence-electron chi connectivity index (χ3n) is 4.36. The molecule has 0 spiro atoms. The summed E-state index contributed by atoms with van der Waals surface area (Å²) in [4.78, 5) is 11.3. The number of hydrogen-bond donors (Lipinski definition) is 1. The van der Waals surface area contributed by atoms with E-state index >= 15 is 0 Å². The van der Waals surface area contributed by atoms with Gasteiger partial charge in [-0.1, -0.05) is 12.1 Å². The molecule has 0 bridgehead atoms. The molecule has 0 saturated heterocycles. The molecule has 1 aromatic heterocycles. The summed E-state index contributed by atoms with van der Waals surface area (Å²) in [6.07, 6.45) is -2.21. The molecule has 29 heavy (non-hydrogen) atoms. The van der Waals surface area contributed by atoms with Gasteiger partial charge in [0.2, 0.25) is 0 Å². The lowest BCUT2D eigenvalue weighted by Gasteiger charge is -2.09. The fraction of sp³-hybridized carbons (Fsp3) is 0.200. The smallest absolute Gasteiger partial charge is 0.407 e. The van der Waals surface area contributed by atoms with E-state index in [4.69, 9.17) is 0 Å². The van der Waals surface area contributed by atoms with Crippen LogP contribution >= 0.6 is 0 Å². The summed E-state index contributed by atoms with van der Waals surface area (Å²) >= 11 is 0. The molecule has 0 aliphatic rings. The molecule has 2 aromatic carbocycles. The average molecular weight is 407 g/mol. The van der Waals surface area contributed by atoms with Crippen LogP contribution < -0.4 is 5.32 Å². The Hall–Kier alpha value is -3.36. The average Bonchev–Trinajstić information content (AvgIpc) is 3.16. The first-order valence-electron chi connectivity index (χ1n) is 8.55. The monoisotopic (exact) mass is 407 g/mol. The van der Waals surface area contributed by atoms with Gasteiger partial charge in [0.05, 0.1) is 12.8 Å². The van der Waals surface area contributed by atoms with E-state index in [1.807, 2.05) is 13.0 Å². The molecule has 5 nitrogen and oxygen atoms in total. The summed E-state index contributed by atoms with van der Waals surface area (Å²) < 4.78 is 59.3. The van der Waals surface area contributed by atoms with Crippen molar-refractivity contribution in [3.8, 4) is 16.9 Å². The standard InChI is InChI=1S/C20H17F4N3O2/c1-11-3-4-12(7-14(11)10-25-20(28)29-2)17-5-6-27(26-17)18-15(21)8-13(19(23)24)9-16(18)22/h3-9,19H,10H2,1-2H3,(H,25,28). The zero-order valence-electron chi connectivity index (χ0n) is 15.5. The van der Waals surface area contributed by atoms with Crippen molar-refractivity contribution in [3.05, 3.63) is 70.9 Å². The SMILES string of the molecule is COC(=O)NCc1cc(-c2ccn(-c3c(F)cc(C(F)F)cc3F)n2)ccc1C. The zero-order valence-corrected chi connectivity index (χ0v) is 15.5. The minimum absolute atomic E-state index is 0.228. The first kappa shape index (κ1) is 20.4. The number of carbonyl (C=O) groups excluding carboxylic acids is 1. The third-order valence-corrected chi connectivity index (χ3v) is 4.36. The molecule has 3 rings (SSSR count). The van der Waals surface area contributed by atoms with Crippen molar-refractivity contribution >= 4 is 6.09 Å². The second kappa shape index (κ2) is 8.34. The summed E-state index contributed by atoms with van der Waals surface area (Å²) in [5, 5.41) is 6.75. The van der Waals surface area contributed by atoms with Gasteiger partial charge in [-0.3, -0.25) is 0 Å². The number of aryl methyl sites for hydroxylation is 1. The molecule has 0 atom stereocenters. The molecule has 0 unspecified atom stereocenters. The highest BCUT2D eigenvalue weighted by Gasteiger charge is 2.18. The molecule has 1 heterocycles. The number of alkyl halides is 2. The number of nitrogens with one attached hydrogen (secondary N) is 1. The van der Waals surface area contributed by atoms with E-state index in [0.717, 1.165) is 15.8 Å². The number of rotatable bonds is 5. The summed E-state index contributed by atoms with van der Waals surface area (Å²) in [5.41, 5.74) is 1.52. The van der Waals surface area contributed by atoms with Crippen LogP contribution in [-0.2, 0) is 11.3 Å². The largest absolute Gasteiger partial charge is 0.453 e. The highest BCUT2D eigenvalue weighted by atomic mass is 19.3. The summed E-state index contributed by atoms with van der Waals surface area (Å²) in [6.45, 7) is 2.09.